The van der Waals surface area contributed by atoms with Crippen LogP contribution in [0.1, 0.15) is 45.1 Å². The molecule has 0 bridgehead atoms. The monoisotopic (exact) mass is 556 g/mol. The number of hydrogen-bond acceptors (Lipinski definition) is 7. The van der Waals surface area contributed by atoms with Crippen molar-refractivity contribution in [2.75, 3.05) is 5.75 Å². The summed E-state index contributed by atoms with van der Waals surface area (Å²) in [5, 5.41) is 12.0. The van der Waals surface area contributed by atoms with Gasteiger partial charge >= 0.3 is 193 Å². The molecule has 3 heterocycles. The number of rotatable bonds is 8. The van der Waals surface area contributed by atoms with Gasteiger partial charge in [-0.25, -0.2) is 0 Å². The van der Waals surface area contributed by atoms with E-state index in [0.29, 0.717) is 11.3 Å². The molecule has 2 aromatic rings. The first-order chi connectivity index (χ1) is 14.9. The third kappa shape index (κ3) is 5.10. The van der Waals surface area contributed by atoms with E-state index in [-0.39, 0.29) is 17.8 Å². The Kier molecular flexibility index (Phi) is 7.58. The van der Waals surface area contributed by atoms with Gasteiger partial charge in [-0.3, -0.25) is 0 Å². The average molecular weight is 555 g/mol. The molecular weight excluding hydrogens is 523 g/mol. The summed E-state index contributed by atoms with van der Waals surface area (Å²) in [6, 6.07) is 6.95. The first-order valence-corrected chi connectivity index (χ1v) is 18.7. The summed E-state index contributed by atoms with van der Waals surface area (Å²) in [4.78, 5) is 11.7. The number of thioether (sulfide) groups is 1. The molecule has 8 heteroatoms. The third-order valence-corrected chi connectivity index (χ3v) is 17.8. The molecule has 1 N–H and O–H groups in total. The van der Waals surface area contributed by atoms with Gasteiger partial charge in [0.25, 0.3) is 0 Å². The molecule has 31 heavy (non-hydrogen) atoms. The SMILES string of the molecule is CCC[CH2][Sn]1([CH2]CCC)[O]C2CSC(Oc3ccc4c(C)cc(=O)oc4c3)C(O)C2[O]1. The number of fused-ring (bicyclic) bond motifs is 2. The second-order valence-corrected chi connectivity index (χ2v) is 19.1. The molecule has 2 fully saturated rings. The zero-order valence-corrected chi connectivity index (χ0v) is 22.1. The molecule has 6 nitrogen and oxygen atoms in total. The molecule has 1 aromatic carbocycles. The van der Waals surface area contributed by atoms with Crippen LogP contribution in [-0.4, -0.2) is 53.8 Å². The van der Waals surface area contributed by atoms with Crippen molar-refractivity contribution in [1.82, 2.24) is 0 Å². The summed E-state index contributed by atoms with van der Waals surface area (Å²) in [5.74, 6) is 1.33. The zero-order valence-electron chi connectivity index (χ0n) is 18.5. The molecule has 4 unspecified atom stereocenters. The van der Waals surface area contributed by atoms with Crippen molar-refractivity contribution in [3.63, 3.8) is 0 Å². The van der Waals surface area contributed by atoms with E-state index in [1.165, 1.54) is 6.07 Å². The van der Waals surface area contributed by atoms with E-state index in [0.717, 1.165) is 51.3 Å². The number of ether oxygens (including phenoxy) is 1. The number of aliphatic hydroxyl groups is 1. The molecule has 1 aromatic heterocycles. The molecule has 0 spiro atoms. The molecule has 2 aliphatic heterocycles. The van der Waals surface area contributed by atoms with Crippen molar-refractivity contribution in [1.29, 1.82) is 0 Å². The van der Waals surface area contributed by atoms with Crippen LogP contribution in [0.25, 0.3) is 11.0 Å². The van der Waals surface area contributed by atoms with Crippen molar-refractivity contribution < 1.29 is 20.4 Å². The van der Waals surface area contributed by atoms with Gasteiger partial charge in [-0.1, -0.05) is 0 Å². The zero-order chi connectivity index (χ0) is 22.0. The van der Waals surface area contributed by atoms with E-state index in [4.69, 9.17) is 15.3 Å². The van der Waals surface area contributed by atoms with Crippen LogP contribution >= 0.6 is 11.8 Å². The molecule has 0 amide bonds. The Bertz CT molecular complexity index is 955. The minimum absolute atomic E-state index is 0.0402. The molecule has 170 valence electrons. The molecule has 4 rings (SSSR count). The standard InChI is InChI=1S/C15H14O6S.2C4H9.Sn/c1-7-4-12(17)21-11-5-8(2-3-9(7)11)20-15-14(19)13(18)10(16)6-22-15;2*1-3-4-2;/h2-5,10,13-15,19H,6H2,1H3;2*1,3-4H2,2H3;/q-2;;;+2. The fourth-order valence-corrected chi connectivity index (χ4v) is 17.7. The summed E-state index contributed by atoms with van der Waals surface area (Å²) in [6.07, 6.45) is 3.42. The Labute approximate surface area is 192 Å². The molecule has 4 atom stereocenters. The van der Waals surface area contributed by atoms with Crippen LogP contribution in [-0.2, 0) is 6.15 Å². The second-order valence-electron chi connectivity index (χ2n) is 8.57. The van der Waals surface area contributed by atoms with Gasteiger partial charge in [0.2, 0.25) is 0 Å². The summed E-state index contributed by atoms with van der Waals surface area (Å²) in [5.41, 5.74) is 0.535. The van der Waals surface area contributed by atoms with Crippen LogP contribution in [0.2, 0.25) is 8.87 Å². The number of aryl methyl sites for hydroxylation is 1. The predicted octanol–water partition coefficient (Wildman–Crippen LogP) is 4.74. The van der Waals surface area contributed by atoms with Gasteiger partial charge in [0, 0.05) is 0 Å². The number of benzene rings is 1. The molecular formula is C23H32O6SSn. The van der Waals surface area contributed by atoms with Crippen molar-refractivity contribution in [3.8, 4) is 5.75 Å². The predicted molar refractivity (Wildman–Crippen MR) is 125 cm³/mol. The first kappa shape index (κ1) is 23.4. The van der Waals surface area contributed by atoms with Gasteiger partial charge in [-0.05, 0) is 0 Å². The van der Waals surface area contributed by atoms with E-state index >= 15 is 0 Å². The summed E-state index contributed by atoms with van der Waals surface area (Å²) in [6.45, 7) is 6.28. The Hall–Kier alpha value is -0.741. The summed E-state index contributed by atoms with van der Waals surface area (Å²) < 4.78 is 26.8. The fraction of sp³-hybridized carbons (Fsp3) is 0.609. The van der Waals surface area contributed by atoms with Crippen LogP contribution in [0.15, 0.2) is 33.5 Å². The van der Waals surface area contributed by atoms with Gasteiger partial charge in [-0.15, -0.1) is 0 Å². The van der Waals surface area contributed by atoms with E-state index in [9.17, 15) is 9.90 Å². The number of hydrogen-bond donors (Lipinski definition) is 1. The Morgan fingerprint density at radius 1 is 1.16 bits per heavy atom. The van der Waals surface area contributed by atoms with Gasteiger partial charge < -0.3 is 0 Å². The van der Waals surface area contributed by atoms with Gasteiger partial charge in [0.1, 0.15) is 0 Å². The second kappa shape index (κ2) is 10.0. The number of unbranched alkanes of at least 4 members (excludes halogenated alkanes) is 2. The maximum absolute atomic E-state index is 11.7. The van der Waals surface area contributed by atoms with Crippen LogP contribution in [0.5, 0.6) is 5.75 Å². The first-order valence-electron chi connectivity index (χ1n) is 11.3. The van der Waals surface area contributed by atoms with Crippen molar-refractivity contribution in [2.24, 2.45) is 0 Å². The van der Waals surface area contributed by atoms with Crippen LogP contribution in [0.4, 0.5) is 0 Å². The quantitative estimate of drug-likeness (QED) is 0.373. The molecule has 0 radical (unpaired) electrons. The molecule has 2 aliphatic rings. The van der Waals surface area contributed by atoms with E-state index in [1.807, 2.05) is 19.1 Å². The van der Waals surface area contributed by atoms with Crippen molar-refractivity contribution in [3.05, 3.63) is 40.2 Å². The molecule has 2 saturated heterocycles. The van der Waals surface area contributed by atoms with E-state index < -0.39 is 30.7 Å². The average Bonchev–Trinajstić information content (AvgIpc) is 3.12. The molecule has 0 saturated carbocycles. The van der Waals surface area contributed by atoms with Gasteiger partial charge in [0.15, 0.2) is 0 Å². The molecule has 0 aliphatic carbocycles. The summed E-state index contributed by atoms with van der Waals surface area (Å²) >= 11 is -1.60. The van der Waals surface area contributed by atoms with E-state index in [1.54, 1.807) is 17.8 Å². The normalized spacial score (nSPS) is 27.4. The third-order valence-electron chi connectivity index (χ3n) is 6.12. The van der Waals surface area contributed by atoms with E-state index in [2.05, 4.69) is 13.8 Å². The van der Waals surface area contributed by atoms with Crippen LogP contribution in [0.3, 0.4) is 0 Å². The van der Waals surface area contributed by atoms with Crippen LogP contribution in [0, 0.1) is 6.92 Å². The summed E-state index contributed by atoms with van der Waals surface area (Å²) in [7, 11) is 0. The Morgan fingerprint density at radius 3 is 2.61 bits per heavy atom. The number of aliphatic hydroxyl groups excluding tert-OH is 1. The Morgan fingerprint density at radius 2 is 1.90 bits per heavy atom. The topological polar surface area (TPSA) is 78.1 Å². The van der Waals surface area contributed by atoms with Crippen molar-refractivity contribution in [2.45, 2.75) is 79.1 Å². The fourth-order valence-electron chi connectivity index (χ4n) is 4.43. The van der Waals surface area contributed by atoms with Gasteiger partial charge in [-0.2, -0.15) is 0 Å². The van der Waals surface area contributed by atoms with Crippen molar-refractivity contribution >= 4 is 41.9 Å². The van der Waals surface area contributed by atoms with Gasteiger partial charge in [0.05, 0.1) is 0 Å². The Balaban J connectivity index is 1.49. The maximum atomic E-state index is 11.7. The minimum atomic E-state index is -3.16. The van der Waals surface area contributed by atoms with Crippen LogP contribution < -0.4 is 10.4 Å².